The molecule has 0 aromatic heterocycles. The molecule has 0 saturated carbocycles. The first-order chi connectivity index (χ1) is 4.20. The Labute approximate surface area is 58.0 Å². The van der Waals surface area contributed by atoms with Crippen LogP contribution in [0.15, 0.2) is 0 Å². The summed E-state index contributed by atoms with van der Waals surface area (Å²) >= 11 is 2.06. The first kappa shape index (κ1) is 6.89. The van der Waals surface area contributed by atoms with Crippen molar-refractivity contribution in [3.8, 4) is 0 Å². The summed E-state index contributed by atoms with van der Waals surface area (Å²) in [6.45, 7) is 2.46. The Bertz CT molecular complexity index is 112. The molecule has 1 N–H and O–H groups in total. The van der Waals surface area contributed by atoms with Crippen molar-refractivity contribution in [2.45, 2.75) is 12.3 Å². The molecule has 0 aliphatic carbocycles. The lowest BCUT2D eigenvalue weighted by atomic mass is 10.9. The fourth-order valence-electron chi connectivity index (χ4n) is 0.544. The van der Waals surface area contributed by atoms with Crippen molar-refractivity contribution < 1.29 is 9.90 Å². The van der Waals surface area contributed by atoms with Crippen LogP contribution in [-0.4, -0.2) is 33.8 Å². The predicted octanol–water partition coefficient (Wildman–Crippen LogP) is 0.423. The van der Waals surface area contributed by atoms with E-state index in [9.17, 15) is 0 Å². The van der Waals surface area contributed by atoms with Gasteiger partial charge in [-0.2, -0.15) is 0 Å². The normalized spacial score (nSPS) is 34.8. The van der Waals surface area contributed by atoms with Gasteiger partial charge in [0.1, 0.15) is 0 Å². The number of aliphatic carboxylic acids is 1. The molecule has 4 heteroatoms. The second kappa shape index (κ2) is 2.58. The fourth-order valence-corrected chi connectivity index (χ4v) is 1.52. The lowest BCUT2D eigenvalue weighted by molar-refractivity contribution is -0.134. The standard InChI is InChI=1S/C3H5NS.C2H4O2/c1-3-4(1)2-5-3;1-2(3)4/h3H,1-2H2;1H3,(H,3,4). The van der Waals surface area contributed by atoms with Crippen molar-refractivity contribution in [1.29, 1.82) is 0 Å². The van der Waals surface area contributed by atoms with Crippen LogP contribution in [0.25, 0.3) is 0 Å². The van der Waals surface area contributed by atoms with Gasteiger partial charge in [0, 0.05) is 19.3 Å². The Balaban J connectivity index is 0.0000000945. The minimum atomic E-state index is -0.833. The first-order valence-corrected chi connectivity index (χ1v) is 3.80. The van der Waals surface area contributed by atoms with Gasteiger partial charge < -0.3 is 5.11 Å². The Morgan fingerprint density at radius 2 is 2.33 bits per heavy atom. The van der Waals surface area contributed by atoms with E-state index in [4.69, 9.17) is 9.90 Å². The van der Waals surface area contributed by atoms with Crippen molar-refractivity contribution in [2.75, 3.05) is 12.4 Å². The largest absolute Gasteiger partial charge is 0.481 e. The van der Waals surface area contributed by atoms with Crippen LogP contribution in [0.1, 0.15) is 6.92 Å². The van der Waals surface area contributed by atoms with E-state index in [0.717, 1.165) is 12.3 Å². The van der Waals surface area contributed by atoms with E-state index >= 15 is 0 Å². The lowest BCUT2D eigenvalue weighted by Gasteiger charge is -2.08. The Hall–Kier alpha value is -0.220. The van der Waals surface area contributed by atoms with Gasteiger partial charge in [0.15, 0.2) is 0 Å². The number of carbonyl (C=O) groups is 1. The molecule has 2 aliphatic heterocycles. The van der Waals surface area contributed by atoms with E-state index in [1.54, 1.807) is 0 Å². The summed E-state index contributed by atoms with van der Waals surface area (Å²) < 4.78 is 0. The summed E-state index contributed by atoms with van der Waals surface area (Å²) in [5.41, 5.74) is 0. The van der Waals surface area contributed by atoms with E-state index < -0.39 is 5.97 Å². The zero-order valence-corrected chi connectivity index (χ0v) is 6.02. The molecule has 3 nitrogen and oxygen atoms in total. The number of carboxylic acid groups (broad SMARTS) is 1. The zero-order chi connectivity index (χ0) is 6.85. The second-order valence-electron chi connectivity index (χ2n) is 2.04. The average Bonchev–Trinajstić information content (AvgIpc) is 2.10. The van der Waals surface area contributed by atoms with Crippen molar-refractivity contribution in [1.82, 2.24) is 4.90 Å². The molecule has 0 aromatic carbocycles. The third-order valence-electron chi connectivity index (χ3n) is 1.10. The third-order valence-corrected chi connectivity index (χ3v) is 2.41. The number of rotatable bonds is 0. The van der Waals surface area contributed by atoms with Gasteiger partial charge in [0.05, 0.1) is 5.37 Å². The average molecular weight is 147 g/mol. The number of thioether (sulfide) groups is 1. The van der Waals surface area contributed by atoms with Crippen LogP contribution in [0.2, 0.25) is 0 Å². The van der Waals surface area contributed by atoms with Crippen molar-refractivity contribution >= 4 is 17.7 Å². The Morgan fingerprint density at radius 1 is 1.89 bits per heavy atom. The summed E-state index contributed by atoms with van der Waals surface area (Å²) in [7, 11) is 0. The molecule has 2 heterocycles. The number of fused-ring (bicyclic) bond motifs is 1. The molecule has 2 atom stereocenters. The molecule has 2 fully saturated rings. The van der Waals surface area contributed by atoms with Gasteiger partial charge in [-0.05, 0) is 0 Å². The summed E-state index contributed by atoms with van der Waals surface area (Å²) in [4.78, 5) is 11.4. The summed E-state index contributed by atoms with van der Waals surface area (Å²) in [6, 6.07) is 0. The monoisotopic (exact) mass is 147 g/mol. The van der Waals surface area contributed by atoms with Crippen LogP contribution < -0.4 is 0 Å². The zero-order valence-electron chi connectivity index (χ0n) is 5.20. The highest BCUT2D eigenvalue weighted by molar-refractivity contribution is 8.01. The van der Waals surface area contributed by atoms with Crippen molar-refractivity contribution in [2.24, 2.45) is 0 Å². The molecular formula is C5H9NO2S. The molecule has 0 radical (unpaired) electrons. The van der Waals surface area contributed by atoms with Crippen LogP contribution in [0.5, 0.6) is 0 Å². The van der Waals surface area contributed by atoms with E-state index in [1.807, 2.05) is 0 Å². The van der Waals surface area contributed by atoms with Crippen LogP contribution >= 0.6 is 11.8 Å². The van der Waals surface area contributed by atoms with Crippen LogP contribution in [0, 0.1) is 0 Å². The predicted molar refractivity (Wildman–Crippen MR) is 36.3 cm³/mol. The fraction of sp³-hybridized carbons (Fsp3) is 0.800. The first-order valence-electron chi connectivity index (χ1n) is 2.75. The summed E-state index contributed by atoms with van der Waals surface area (Å²) in [5.74, 6) is 0.477. The highest BCUT2D eigenvalue weighted by atomic mass is 32.2. The van der Waals surface area contributed by atoms with Crippen LogP contribution in [-0.2, 0) is 4.79 Å². The van der Waals surface area contributed by atoms with Gasteiger partial charge in [-0.3, -0.25) is 9.69 Å². The van der Waals surface area contributed by atoms with Crippen LogP contribution in [0.4, 0.5) is 0 Å². The summed E-state index contributed by atoms with van der Waals surface area (Å²) in [5, 5.41) is 8.40. The third kappa shape index (κ3) is 2.24. The van der Waals surface area contributed by atoms with Gasteiger partial charge in [-0.15, -0.1) is 11.8 Å². The SMILES string of the molecule is C1SC2CN12.CC(=O)O. The lowest BCUT2D eigenvalue weighted by Crippen LogP contribution is -2.08. The molecule has 52 valence electrons. The molecule has 9 heavy (non-hydrogen) atoms. The highest BCUT2D eigenvalue weighted by Crippen LogP contribution is 2.41. The molecule has 2 saturated heterocycles. The maximum Gasteiger partial charge on any atom is 0.300 e. The van der Waals surface area contributed by atoms with Gasteiger partial charge in [-0.25, -0.2) is 0 Å². The van der Waals surface area contributed by atoms with Gasteiger partial charge in [0.25, 0.3) is 5.97 Å². The number of hydrogen-bond donors (Lipinski definition) is 1. The minimum absolute atomic E-state index is 0.833. The van der Waals surface area contributed by atoms with Gasteiger partial charge in [-0.1, -0.05) is 0 Å². The molecule has 2 aliphatic rings. The number of hydrogen-bond acceptors (Lipinski definition) is 3. The van der Waals surface area contributed by atoms with Crippen LogP contribution in [0.3, 0.4) is 0 Å². The minimum Gasteiger partial charge on any atom is -0.481 e. The smallest absolute Gasteiger partial charge is 0.300 e. The Morgan fingerprint density at radius 3 is 2.33 bits per heavy atom. The molecule has 0 spiro atoms. The number of carboxylic acids is 1. The molecule has 2 rings (SSSR count). The molecule has 0 amide bonds. The summed E-state index contributed by atoms with van der Waals surface area (Å²) in [6.07, 6.45) is 0. The van der Waals surface area contributed by atoms with Gasteiger partial charge >= 0.3 is 0 Å². The number of nitrogens with zero attached hydrogens (tertiary/aromatic N) is 1. The molecule has 2 unspecified atom stereocenters. The van der Waals surface area contributed by atoms with E-state index in [2.05, 4.69) is 16.7 Å². The van der Waals surface area contributed by atoms with Gasteiger partial charge in [0.2, 0.25) is 0 Å². The van der Waals surface area contributed by atoms with Crippen molar-refractivity contribution in [3.05, 3.63) is 0 Å². The topological polar surface area (TPSA) is 40.3 Å². The van der Waals surface area contributed by atoms with E-state index in [1.165, 1.54) is 12.4 Å². The molecule has 0 bridgehead atoms. The maximum atomic E-state index is 9.00. The second-order valence-corrected chi connectivity index (χ2v) is 3.18. The maximum absolute atomic E-state index is 9.00. The molecular weight excluding hydrogens is 138 g/mol. The molecule has 0 aromatic rings. The quantitative estimate of drug-likeness (QED) is 0.504. The van der Waals surface area contributed by atoms with E-state index in [-0.39, 0.29) is 0 Å². The Kier molecular flexibility index (Phi) is 1.97. The highest BCUT2D eigenvalue weighted by Gasteiger charge is 2.42. The van der Waals surface area contributed by atoms with Crippen molar-refractivity contribution in [3.63, 3.8) is 0 Å². The van der Waals surface area contributed by atoms with E-state index in [0.29, 0.717) is 0 Å².